The van der Waals surface area contributed by atoms with Gasteiger partial charge in [0, 0.05) is 49.9 Å². The molecule has 14 heteroatoms. The Bertz CT molecular complexity index is 1520. The number of carbonyl (C=O) groups is 1. The van der Waals surface area contributed by atoms with E-state index in [2.05, 4.69) is 15.0 Å². The first kappa shape index (κ1) is 27.7. The van der Waals surface area contributed by atoms with E-state index in [0.29, 0.717) is 49.7 Å². The summed E-state index contributed by atoms with van der Waals surface area (Å²) in [6.45, 7) is 1.63. The number of hydrogen-bond acceptors (Lipinski definition) is 8. The normalized spacial score (nSPS) is 13.4. The van der Waals surface area contributed by atoms with Gasteiger partial charge in [-0.15, -0.1) is 0 Å². The van der Waals surface area contributed by atoms with E-state index in [1.54, 1.807) is 4.90 Å². The second kappa shape index (κ2) is 11.6. The average molecular weight is 562 g/mol. The summed E-state index contributed by atoms with van der Waals surface area (Å²) in [5.74, 6) is -2.21. The number of carbonyl (C=O) groups excluding carboxylic acids is 1. The molecular formula is C25H25F2N5O6S. The van der Waals surface area contributed by atoms with Crippen molar-refractivity contribution in [3.05, 3.63) is 70.4 Å². The van der Waals surface area contributed by atoms with Crippen molar-refractivity contribution < 1.29 is 31.7 Å². The van der Waals surface area contributed by atoms with Gasteiger partial charge in [-0.2, -0.15) is 0 Å². The van der Waals surface area contributed by atoms with Gasteiger partial charge in [-0.1, -0.05) is 0 Å². The van der Waals surface area contributed by atoms with E-state index < -0.39 is 31.5 Å². The number of likely N-dealkylation sites (tertiary alicyclic amines) is 1. The zero-order valence-corrected chi connectivity index (χ0v) is 21.6. The molecule has 0 bridgehead atoms. The molecule has 11 nitrogen and oxygen atoms in total. The molecule has 0 radical (unpaired) electrons. The molecule has 206 valence electrons. The van der Waals surface area contributed by atoms with Gasteiger partial charge in [0.1, 0.15) is 27.9 Å². The highest BCUT2D eigenvalue weighted by Gasteiger charge is 2.23. The number of nitro benzene ring substituents is 1. The van der Waals surface area contributed by atoms with Crippen LogP contribution in [-0.4, -0.2) is 55.9 Å². The maximum absolute atomic E-state index is 14.2. The highest BCUT2D eigenvalue weighted by Crippen LogP contribution is 2.34. The van der Waals surface area contributed by atoms with Crippen molar-refractivity contribution in [1.82, 2.24) is 9.88 Å². The summed E-state index contributed by atoms with van der Waals surface area (Å²) in [5, 5.41) is 14.6. The number of pyridine rings is 1. The van der Waals surface area contributed by atoms with Crippen molar-refractivity contribution in [2.24, 2.45) is 0 Å². The Hall–Kier alpha value is -4.33. The van der Waals surface area contributed by atoms with Crippen LogP contribution in [0.25, 0.3) is 11.1 Å². The highest BCUT2D eigenvalue weighted by molar-refractivity contribution is 7.92. The third-order valence-electron chi connectivity index (χ3n) is 6.09. The lowest BCUT2D eigenvalue weighted by Gasteiger charge is -2.16. The first-order chi connectivity index (χ1) is 18.6. The van der Waals surface area contributed by atoms with Gasteiger partial charge >= 0.3 is 0 Å². The van der Waals surface area contributed by atoms with Gasteiger partial charge in [-0.05, 0) is 48.7 Å². The Morgan fingerprint density at radius 1 is 1.13 bits per heavy atom. The Morgan fingerprint density at radius 3 is 2.56 bits per heavy atom. The van der Waals surface area contributed by atoms with Gasteiger partial charge < -0.3 is 15.0 Å². The maximum atomic E-state index is 14.2. The number of aromatic nitrogens is 1. The van der Waals surface area contributed by atoms with Crippen molar-refractivity contribution in [3.8, 4) is 17.0 Å². The largest absolute Gasteiger partial charge is 0.480 e. The second-order valence-corrected chi connectivity index (χ2v) is 10.4. The summed E-state index contributed by atoms with van der Waals surface area (Å²) in [4.78, 5) is 27.9. The SMILES string of the molecule is COc1ncc(-c2ccc([N+](=O)[O-])c(NCCCN3CCCC3=O)c2)cc1NS(=O)(=O)c1ccc(F)cc1F. The number of halogens is 2. The molecular weight excluding hydrogens is 536 g/mol. The molecule has 39 heavy (non-hydrogen) atoms. The lowest BCUT2D eigenvalue weighted by molar-refractivity contribution is -0.383. The molecule has 0 spiro atoms. The van der Waals surface area contributed by atoms with E-state index in [0.717, 1.165) is 18.6 Å². The molecule has 0 saturated carbocycles. The van der Waals surface area contributed by atoms with Crippen molar-refractivity contribution in [3.63, 3.8) is 0 Å². The van der Waals surface area contributed by atoms with E-state index in [-0.39, 0.29) is 28.8 Å². The molecule has 0 unspecified atom stereocenters. The van der Waals surface area contributed by atoms with Crippen molar-refractivity contribution in [2.75, 3.05) is 36.8 Å². The fourth-order valence-electron chi connectivity index (χ4n) is 4.19. The standard InChI is InChI=1S/C25H25F2N5O6S/c1-38-25-21(30-39(36,37)23-8-6-18(26)14-19(23)27)13-17(15-29-25)16-5-7-22(32(34)35)20(12-16)28-9-3-11-31-10-2-4-24(31)33/h5-8,12-15,28,30H,2-4,9-11H2,1H3. The van der Waals surface area contributed by atoms with E-state index in [4.69, 9.17) is 4.74 Å². The van der Waals surface area contributed by atoms with E-state index in [1.165, 1.54) is 37.6 Å². The molecule has 0 atom stereocenters. The molecule has 1 aliphatic rings. The third-order valence-corrected chi connectivity index (χ3v) is 7.49. The number of ether oxygens (including phenoxy) is 1. The first-order valence-electron chi connectivity index (χ1n) is 11.9. The number of sulfonamides is 1. The minimum atomic E-state index is -4.49. The molecule has 4 rings (SSSR count). The van der Waals surface area contributed by atoms with Crippen LogP contribution in [0.3, 0.4) is 0 Å². The summed E-state index contributed by atoms with van der Waals surface area (Å²) in [5.41, 5.74) is 0.804. The number of hydrogen-bond donors (Lipinski definition) is 2. The van der Waals surface area contributed by atoms with Crippen LogP contribution in [0.15, 0.2) is 53.6 Å². The highest BCUT2D eigenvalue weighted by atomic mass is 32.2. The van der Waals surface area contributed by atoms with E-state index in [1.807, 2.05) is 0 Å². The minimum absolute atomic E-state index is 0.101. The van der Waals surface area contributed by atoms with E-state index >= 15 is 0 Å². The molecule has 2 N–H and O–H groups in total. The number of amides is 1. The smallest absolute Gasteiger partial charge is 0.292 e. The van der Waals surface area contributed by atoms with Crippen molar-refractivity contribution in [2.45, 2.75) is 24.2 Å². The number of benzene rings is 2. The van der Waals surface area contributed by atoms with Crippen LogP contribution >= 0.6 is 0 Å². The number of nitrogens with zero attached hydrogens (tertiary/aromatic N) is 3. The molecule has 3 aromatic rings. The Morgan fingerprint density at radius 2 is 1.90 bits per heavy atom. The van der Waals surface area contributed by atoms with Crippen LogP contribution in [0.5, 0.6) is 5.88 Å². The quantitative estimate of drug-likeness (QED) is 0.202. The molecule has 1 amide bonds. The summed E-state index contributed by atoms with van der Waals surface area (Å²) in [6.07, 6.45) is 3.34. The summed E-state index contributed by atoms with van der Waals surface area (Å²) >= 11 is 0. The van der Waals surface area contributed by atoms with Crippen LogP contribution in [0, 0.1) is 21.7 Å². The van der Waals surface area contributed by atoms with Crippen LogP contribution in [0.2, 0.25) is 0 Å². The predicted molar refractivity (Wildman–Crippen MR) is 139 cm³/mol. The van der Waals surface area contributed by atoms with Crippen molar-refractivity contribution >= 4 is 33.0 Å². The Labute approximate surface area is 223 Å². The van der Waals surface area contributed by atoms with Crippen LogP contribution in [0.1, 0.15) is 19.3 Å². The molecule has 0 aliphatic carbocycles. The minimum Gasteiger partial charge on any atom is -0.480 e. The monoisotopic (exact) mass is 561 g/mol. The van der Waals surface area contributed by atoms with Gasteiger partial charge in [0.25, 0.3) is 15.7 Å². The average Bonchev–Trinajstić information content (AvgIpc) is 3.30. The number of nitro groups is 1. The Kier molecular flexibility index (Phi) is 8.24. The summed E-state index contributed by atoms with van der Waals surface area (Å²) < 4.78 is 60.4. The summed E-state index contributed by atoms with van der Waals surface area (Å²) in [7, 11) is -3.22. The number of nitrogens with one attached hydrogen (secondary N) is 2. The third kappa shape index (κ3) is 6.39. The molecule has 2 heterocycles. The molecule has 1 fully saturated rings. The Balaban J connectivity index is 1.58. The first-order valence-corrected chi connectivity index (χ1v) is 13.4. The number of methoxy groups -OCH3 is 1. The zero-order valence-electron chi connectivity index (χ0n) is 20.8. The molecule has 2 aromatic carbocycles. The second-order valence-electron chi connectivity index (χ2n) is 8.71. The van der Waals surface area contributed by atoms with Gasteiger partial charge in [0.2, 0.25) is 11.8 Å². The molecule has 1 aromatic heterocycles. The topological polar surface area (TPSA) is 144 Å². The molecule has 1 aliphatic heterocycles. The summed E-state index contributed by atoms with van der Waals surface area (Å²) in [6, 6.07) is 7.77. The van der Waals surface area contributed by atoms with Crippen molar-refractivity contribution in [1.29, 1.82) is 0 Å². The number of anilines is 2. The van der Waals surface area contributed by atoms with E-state index in [9.17, 15) is 32.1 Å². The van der Waals surface area contributed by atoms with Crippen LogP contribution in [0.4, 0.5) is 25.8 Å². The maximum Gasteiger partial charge on any atom is 0.292 e. The molecule has 1 saturated heterocycles. The van der Waals surface area contributed by atoms with Gasteiger partial charge in [0.15, 0.2) is 0 Å². The van der Waals surface area contributed by atoms with Crippen LogP contribution in [-0.2, 0) is 14.8 Å². The van der Waals surface area contributed by atoms with Crippen LogP contribution < -0.4 is 14.8 Å². The van der Waals surface area contributed by atoms with Gasteiger partial charge in [-0.25, -0.2) is 22.2 Å². The fraction of sp³-hybridized carbons (Fsp3) is 0.280. The zero-order chi connectivity index (χ0) is 28.2. The van der Waals surface area contributed by atoms with Gasteiger partial charge in [-0.3, -0.25) is 19.6 Å². The van der Waals surface area contributed by atoms with Gasteiger partial charge in [0.05, 0.1) is 12.0 Å². The lowest BCUT2D eigenvalue weighted by Crippen LogP contribution is -2.27. The fourth-order valence-corrected chi connectivity index (χ4v) is 5.30. The number of rotatable bonds is 11. The predicted octanol–water partition coefficient (Wildman–Crippen LogP) is 4.17. The lowest BCUT2D eigenvalue weighted by atomic mass is 10.1.